The van der Waals surface area contributed by atoms with Crippen LogP contribution in [0.15, 0.2) is 72.8 Å². The Morgan fingerprint density at radius 3 is 2.29 bits per heavy atom. The molecule has 0 radical (unpaired) electrons. The number of benzene rings is 3. The molecular formula is C20H16N2O2. The van der Waals surface area contributed by atoms with Crippen molar-refractivity contribution in [2.45, 2.75) is 12.5 Å². The summed E-state index contributed by atoms with van der Waals surface area (Å²) in [6, 6.07) is 22.4. The molecule has 0 aliphatic carbocycles. The summed E-state index contributed by atoms with van der Waals surface area (Å²) in [5.41, 5.74) is 1.54. The number of fused-ring (bicyclic) bond motifs is 1. The highest BCUT2D eigenvalue weighted by atomic mass is 16.2. The summed E-state index contributed by atoms with van der Waals surface area (Å²) in [5.74, 6) is -0.192. The highest BCUT2D eigenvalue weighted by molar-refractivity contribution is 6.16. The van der Waals surface area contributed by atoms with Gasteiger partial charge in [0, 0.05) is 0 Å². The summed E-state index contributed by atoms with van der Waals surface area (Å²) < 4.78 is 0. The number of imide groups is 1. The number of nitrogens with zero attached hydrogens (tertiary/aromatic N) is 1. The fourth-order valence-corrected chi connectivity index (χ4v) is 3.11. The average molecular weight is 316 g/mol. The lowest BCUT2D eigenvalue weighted by Crippen LogP contribution is -2.51. The molecule has 1 N–H and O–H groups in total. The standard InChI is InChI=1S/C20H16N2O2/c23-19-13-18(16-11-10-14-6-4-5-7-15(14)12-16)21-20(24)22(19)17-8-2-1-3-9-17/h1-12,18H,13H2,(H,21,24). The first-order valence-electron chi connectivity index (χ1n) is 7.89. The van der Waals surface area contributed by atoms with Gasteiger partial charge in [0.05, 0.1) is 18.2 Å². The fourth-order valence-electron chi connectivity index (χ4n) is 3.11. The largest absolute Gasteiger partial charge is 0.330 e. The third kappa shape index (κ3) is 2.52. The van der Waals surface area contributed by atoms with Crippen LogP contribution in [0.2, 0.25) is 0 Å². The van der Waals surface area contributed by atoms with Crippen LogP contribution in [-0.4, -0.2) is 11.9 Å². The smallest absolute Gasteiger partial charge is 0.329 e. The molecule has 0 spiro atoms. The molecule has 1 heterocycles. The molecule has 4 rings (SSSR count). The summed E-state index contributed by atoms with van der Waals surface area (Å²) >= 11 is 0. The van der Waals surface area contributed by atoms with Crippen molar-refractivity contribution in [3.63, 3.8) is 0 Å². The quantitative estimate of drug-likeness (QED) is 0.776. The van der Waals surface area contributed by atoms with E-state index in [1.807, 2.05) is 60.7 Å². The Hall–Kier alpha value is -3.14. The number of rotatable bonds is 2. The molecule has 118 valence electrons. The lowest BCUT2D eigenvalue weighted by Gasteiger charge is -2.31. The zero-order chi connectivity index (χ0) is 16.5. The van der Waals surface area contributed by atoms with Crippen LogP contribution in [0, 0.1) is 0 Å². The van der Waals surface area contributed by atoms with Crippen LogP contribution in [0.25, 0.3) is 10.8 Å². The van der Waals surface area contributed by atoms with Crippen molar-refractivity contribution in [1.29, 1.82) is 0 Å². The van der Waals surface area contributed by atoms with Gasteiger partial charge in [0.2, 0.25) is 5.91 Å². The van der Waals surface area contributed by atoms with Crippen molar-refractivity contribution < 1.29 is 9.59 Å². The van der Waals surface area contributed by atoms with Crippen LogP contribution in [0.5, 0.6) is 0 Å². The van der Waals surface area contributed by atoms with Gasteiger partial charge in [-0.1, -0.05) is 54.6 Å². The van der Waals surface area contributed by atoms with Gasteiger partial charge in [0.15, 0.2) is 0 Å². The summed E-state index contributed by atoms with van der Waals surface area (Å²) in [6.45, 7) is 0. The normalized spacial score (nSPS) is 17.8. The van der Waals surface area contributed by atoms with E-state index < -0.39 is 0 Å². The number of carbonyl (C=O) groups is 2. The Bertz CT molecular complexity index is 903. The third-order valence-electron chi connectivity index (χ3n) is 4.32. The molecule has 3 aromatic carbocycles. The topological polar surface area (TPSA) is 49.4 Å². The number of para-hydroxylation sites is 1. The van der Waals surface area contributed by atoms with E-state index in [4.69, 9.17) is 0 Å². The number of nitrogens with one attached hydrogen (secondary N) is 1. The minimum Gasteiger partial charge on any atom is -0.330 e. The molecule has 3 aromatic rings. The maximum absolute atomic E-state index is 12.5. The first kappa shape index (κ1) is 14.5. The second-order valence-corrected chi connectivity index (χ2v) is 5.88. The van der Waals surface area contributed by atoms with Gasteiger partial charge in [-0.15, -0.1) is 0 Å². The molecule has 1 aliphatic rings. The summed E-state index contributed by atoms with van der Waals surface area (Å²) in [7, 11) is 0. The molecule has 24 heavy (non-hydrogen) atoms. The SMILES string of the molecule is O=C1CC(c2ccc3ccccc3c2)NC(=O)N1c1ccccc1. The first-order chi connectivity index (χ1) is 11.7. The molecule has 1 fully saturated rings. The van der Waals surface area contributed by atoms with Crippen LogP contribution in [-0.2, 0) is 4.79 Å². The van der Waals surface area contributed by atoms with Gasteiger partial charge in [-0.3, -0.25) is 4.79 Å². The van der Waals surface area contributed by atoms with Gasteiger partial charge < -0.3 is 5.32 Å². The monoisotopic (exact) mass is 316 g/mol. The average Bonchev–Trinajstić information content (AvgIpc) is 2.61. The number of hydrogen-bond acceptors (Lipinski definition) is 2. The number of anilines is 1. The molecule has 0 saturated carbocycles. The Morgan fingerprint density at radius 1 is 0.833 bits per heavy atom. The lowest BCUT2D eigenvalue weighted by molar-refractivity contribution is -0.119. The summed E-state index contributed by atoms with van der Waals surface area (Å²) in [4.78, 5) is 26.2. The number of amides is 3. The Balaban J connectivity index is 1.63. The van der Waals surface area contributed by atoms with E-state index in [-0.39, 0.29) is 24.4 Å². The second kappa shape index (κ2) is 5.81. The Morgan fingerprint density at radius 2 is 1.54 bits per heavy atom. The molecule has 0 aromatic heterocycles. The number of hydrogen-bond donors (Lipinski definition) is 1. The van der Waals surface area contributed by atoms with E-state index in [1.165, 1.54) is 4.90 Å². The van der Waals surface area contributed by atoms with E-state index >= 15 is 0 Å². The van der Waals surface area contributed by atoms with Gasteiger partial charge in [0.25, 0.3) is 0 Å². The molecule has 1 unspecified atom stereocenters. The van der Waals surface area contributed by atoms with Crippen molar-refractivity contribution in [2.75, 3.05) is 4.90 Å². The van der Waals surface area contributed by atoms with E-state index in [2.05, 4.69) is 5.32 Å². The van der Waals surface area contributed by atoms with Crippen LogP contribution < -0.4 is 10.2 Å². The van der Waals surface area contributed by atoms with Gasteiger partial charge in [-0.05, 0) is 34.5 Å². The predicted molar refractivity (Wildman–Crippen MR) is 93.8 cm³/mol. The molecule has 1 saturated heterocycles. The van der Waals surface area contributed by atoms with Crippen molar-refractivity contribution in [3.8, 4) is 0 Å². The van der Waals surface area contributed by atoms with E-state index in [0.29, 0.717) is 5.69 Å². The molecule has 1 atom stereocenters. The minimum atomic E-state index is -0.379. The van der Waals surface area contributed by atoms with Crippen molar-refractivity contribution in [1.82, 2.24) is 5.32 Å². The predicted octanol–water partition coefficient (Wildman–Crippen LogP) is 4.03. The fraction of sp³-hybridized carbons (Fsp3) is 0.100. The third-order valence-corrected chi connectivity index (χ3v) is 4.32. The van der Waals surface area contributed by atoms with Gasteiger partial charge in [-0.2, -0.15) is 0 Å². The van der Waals surface area contributed by atoms with Crippen molar-refractivity contribution in [3.05, 3.63) is 78.4 Å². The Labute approximate surface area is 139 Å². The molecule has 0 bridgehead atoms. The van der Waals surface area contributed by atoms with Crippen LogP contribution in [0.4, 0.5) is 10.5 Å². The maximum atomic E-state index is 12.5. The zero-order valence-electron chi connectivity index (χ0n) is 13.0. The Kier molecular flexibility index (Phi) is 3.50. The van der Waals surface area contributed by atoms with Gasteiger partial charge in [-0.25, -0.2) is 9.69 Å². The van der Waals surface area contributed by atoms with E-state index in [1.54, 1.807) is 12.1 Å². The van der Waals surface area contributed by atoms with E-state index in [9.17, 15) is 9.59 Å². The molecule has 4 nitrogen and oxygen atoms in total. The van der Waals surface area contributed by atoms with E-state index in [0.717, 1.165) is 16.3 Å². The number of urea groups is 1. The minimum absolute atomic E-state index is 0.192. The first-order valence-corrected chi connectivity index (χ1v) is 7.89. The van der Waals surface area contributed by atoms with Crippen molar-refractivity contribution in [2.24, 2.45) is 0 Å². The molecule has 3 amide bonds. The second-order valence-electron chi connectivity index (χ2n) is 5.88. The van der Waals surface area contributed by atoms with Crippen LogP contribution >= 0.6 is 0 Å². The van der Waals surface area contributed by atoms with Gasteiger partial charge >= 0.3 is 6.03 Å². The van der Waals surface area contributed by atoms with Crippen LogP contribution in [0.3, 0.4) is 0 Å². The summed E-state index contributed by atoms with van der Waals surface area (Å²) in [6.07, 6.45) is 0.249. The molecule has 4 heteroatoms. The molecular weight excluding hydrogens is 300 g/mol. The summed E-state index contributed by atoms with van der Waals surface area (Å²) in [5, 5.41) is 5.18. The molecule has 1 aliphatic heterocycles. The maximum Gasteiger partial charge on any atom is 0.329 e. The lowest BCUT2D eigenvalue weighted by atomic mass is 9.98. The zero-order valence-corrected chi connectivity index (χ0v) is 13.0. The van der Waals surface area contributed by atoms with Crippen molar-refractivity contribution >= 4 is 28.4 Å². The number of carbonyl (C=O) groups excluding carboxylic acids is 2. The van der Waals surface area contributed by atoms with Gasteiger partial charge in [0.1, 0.15) is 0 Å². The highest BCUT2D eigenvalue weighted by Gasteiger charge is 2.33. The van der Waals surface area contributed by atoms with Crippen LogP contribution in [0.1, 0.15) is 18.0 Å². The highest BCUT2D eigenvalue weighted by Crippen LogP contribution is 2.28.